The Balaban J connectivity index is 0.877. The standard InChI is InChI=1S/C57H48B2O4P2/c1-5-15-39-37-41(25-35-51(39)58-43-27-31-45(32-28-43)64(60)55-23-13-9-19-49(55)47-17-7-11-21-53(47)62-64)57(3,4)42-26-36-52(40(38-42)16-6-2)59-44-29-33-46(34-30-44)65(61)56-24-14-10-20-50(56)48-18-8-12-22-54(48)63-65/h5-14,17-38,58-59H,1-2,15-16H2,3-4H3. The van der Waals surface area contributed by atoms with E-state index < -0.39 is 14.7 Å². The van der Waals surface area contributed by atoms with Gasteiger partial charge < -0.3 is 9.05 Å². The molecule has 0 spiro atoms. The van der Waals surface area contributed by atoms with E-state index >= 15 is 0 Å². The van der Waals surface area contributed by atoms with Crippen molar-refractivity contribution in [1.29, 1.82) is 0 Å². The smallest absolute Gasteiger partial charge is 0.307 e. The van der Waals surface area contributed by atoms with E-state index in [9.17, 15) is 9.13 Å². The van der Waals surface area contributed by atoms with E-state index in [-0.39, 0.29) is 5.41 Å². The molecule has 0 aromatic heterocycles. The fraction of sp³-hybridized carbons (Fsp3) is 0.0877. The third-order valence-electron chi connectivity index (χ3n) is 13.2. The molecule has 65 heavy (non-hydrogen) atoms. The first-order chi connectivity index (χ1) is 31.6. The van der Waals surface area contributed by atoms with Gasteiger partial charge in [-0.25, -0.2) is 0 Å². The van der Waals surface area contributed by atoms with E-state index in [4.69, 9.17) is 9.05 Å². The minimum Gasteiger partial charge on any atom is -0.436 e. The molecule has 2 unspecified atom stereocenters. The molecular formula is C57H48B2O4P2. The second-order valence-electron chi connectivity index (χ2n) is 17.6. The predicted molar refractivity (Wildman–Crippen MR) is 277 cm³/mol. The lowest BCUT2D eigenvalue weighted by atomic mass is 9.60. The molecule has 8 heteroatoms. The zero-order valence-corrected chi connectivity index (χ0v) is 38.5. The second-order valence-corrected chi connectivity index (χ2v) is 22.1. The molecule has 4 nitrogen and oxygen atoms in total. The maximum atomic E-state index is 14.7. The zero-order chi connectivity index (χ0) is 44.8. The Labute approximate surface area is 384 Å². The van der Waals surface area contributed by atoms with Gasteiger partial charge in [-0.2, -0.15) is 0 Å². The Hall–Kier alpha value is -6.57. The first kappa shape index (κ1) is 42.4. The first-order valence-corrected chi connectivity index (χ1v) is 25.5. The van der Waals surface area contributed by atoms with Crippen LogP contribution >= 0.6 is 14.7 Å². The normalized spacial score (nSPS) is 16.9. The van der Waals surface area contributed by atoms with Gasteiger partial charge in [-0.05, 0) is 94.8 Å². The Morgan fingerprint density at radius 1 is 0.477 bits per heavy atom. The number of para-hydroxylation sites is 2. The molecule has 0 N–H and O–H groups in total. The number of fused-ring (bicyclic) bond motifs is 6. The van der Waals surface area contributed by atoms with Crippen molar-refractivity contribution < 1.29 is 18.2 Å². The Kier molecular flexibility index (Phi) is 11.1. The molecule has 0 radical (unpaired) electrons. The lowest BCUT2D eigenvalue weighted by Crippen LogP contribution is -2.33. The topological polar surface area (TPSA) is 52.6 Å². The summed E-state index contributed by atoms with van der Waals surface area (Å²) in [5.41, 5.74) is 13.2. The van der Waals surface area contributed by atoms with Crippen LogP contribution in [0.1, 0.15) is 36.1 Å². The summed E-state index contributed by atoms with van der Waals surface area (Å²) in [6.45, 7) is 12.8. The van der Waals surface area contributed by atoms with E-state index in [1.54, 1.807) is 0 Å². The highest BCUT2D eigenvalue weighted by Gasteiger charge is 2.39. The van der Waals surface area contributed by atoms with E-state index in [0.717, 1.165) is 71.2 Å². The summed E-state index contributed by atoms with van der Waals surface area (Å²) in [6.07, 6.45) is 5.44. The molecule has 10 rings (SSSR count). The summed E-state index contributed by atoms with van der Waals surface area (Å²) in [4.78, 5) is 0. The van der Waals surface area contributed by atoms with Crippen molar-refractivity contribution in [3.63, 3.8) is 0 Å². The van der Waals surface area contributed by atoms with E-state index in [0.29, 0.717) is 22.1 Å². The van der Waals surface area contributed by atoms with Crippen molar-refractivity contribution in [1.82, 2.24) is 0 Å². The molecule has 0 saturated carbocycles. The number of rotatable bonds is 12. The van der Waals surface area contributed by atoms with Crippen molar-refractivity contribution in [2.24, 2.45) is 0 Å². The zero-order valence-electron chi connectivity index (χ0n) is 36.7. The quantitative estimate of drug-likeness (QED) is 0.0700. The van der Waals surface area contributed by atoms with Gasteiger partial charge in [0.25, 0.3) is 0 Å². The Bertz CT molecular complexity index is 3030. The van der Waals surface area contributed by atoms with Crippen molar-refractivity contribution >= 4 is 72.4 Å². The lowest BCUT2D eigenvalue weighted by Gasteiger charge is -2.29. The van der Waals surface area contributed by atoms with E-state index in [1.165, 1.54) is 33.2 Å². The minimum atomic E-state index is -3.35. The van der Waals surface area contributed by atoms with E-state index in [2.05, 4.69) is 87.7 Å². The van der Waals surface area contributed by atoms with Gasteiger partial charge >= 0.3 is 14.7 Å². The molecule has 0 bridgehead atoms. The van der Waals surface area contributed by atoms with Crippen LogP contribution in [0.5, 0.6) is 11.5 Å². The molecular weight excluding hydrogens is 832 g/mol. The van der Waals surface area contributed by atoms with E-state index in [1.807, 2.05) is 133 Å². The van der Waals surface area contributed by atoms with Crippen LogP contribution in [0.2, 0.25) is 0 Å². The molecule has 0 aliphatic carbocycles. The van der Waals surface area contributed by atoms with Crippen LogP contribution in [0.15, 0.2) is 207 Å². The van der Waals surface area contributed by atoms with Gasteiger partial charge in [0.1, 0.15) is 11.5 Å². The van der Waals surface area contributed by atoms with Crippen LogP contribution in [0.4, 0.5) is 0 Å². The summed E-state index contributed by atoms with van der Waals surface area (Å²) in [7, 11) is -5.23. The van der Waals surface area contributed by atoms with Crippen molar-refractivity contribution in [3.05, 3.63) is 230 Å². The van der Waals surface area contributed by atoms with Crippen LogP contribution in [-0.4, -0.2) is 14.6 Å². The number of allylic oxidation sites excluding steroid dienone is 2. The number of hydrogen-bond donors (Lipinski definition) is 0. The van der Waals surface area contributed by atoms with Crippen LogP contribution < -0.4 is 52.1 Å². The maximum Gasteiger partial charge on any atom is 0.307 e. The SMILES string of the molecule is C=CCc1cc(C(C)(C)c2ccc(Bc3ccc(P4(=O)Oc5ccccc5-c5ccccc54)cc3)c(CC=C)c2)ccc1Bc1ccc(P2(=O)Oc3ccccc3-c3ccccc32)cc1. The third-order valence-corrected chi connectivity index (χ3v) is 18.1. The van der Waals surface area contributed by atoms with Crippen molar-refractivity contribution in [2.75, 3.05) is 0 Å². The average Bonchev–Trinajstić information content (AvgIpc) is 3.33. The van der Waals surface area contributed by atoms with Crippen LogP contribution in [-0.2, 0) is 27.4 Å². The fourth-order valence-electron chi connectivity index (χ4n) is 9.50. The highest BCUT2D eigenvalue weighted by atomic mass is 31.2. The van der Waals surface area contributed by atoms with Gasteiger partial charge in [0, 0.05) is 16.5 Å². The molecule has 2 atom stereocenters. The summed E-state index contributed by atoms with van der Waals surface area (Å²) in [5.74, 6) is 1.30. The summed E-state index contributed by atoms with van der Waals surface area (Å²) in [6, 6.07) is 61.3. The highest BCUT2D eigenvalue weighted by Crippen LogP contribution is 2.55. The molecule has 8 aromatic carbocycles. The monoisotopic (exact) mass is 880 g/mol. The Morgan fingerprint density at radius 2 is 0.846 bits per heavy atom. The summed E-state index contributed by atoms with van der Waals surface area (Å²) < 4.78 is 42.1. The molecule has 0 amide bonds. The maximum absolute atomic E-state index is 14.7. The van der Waals surface area contributed by atoms with Crippen LogP contribution in [0, 0.1) is 0 Å². The van der Waals surface area contributed by atoms with Gasteiger partial charge in [0.2, 0.25) is 0 Å². The van der Waals surface area contributed by atoms with Gasteiger partial charge in [0.15, 0.2) is 14.6 Å². The van der Waals surface area contributed by atoms with Gasteiger partial charge in [-0.1, -0.05) is 181 Å². The molecule has 8 aromatic rings. The Morgan fingerprint density at radius 3 is 1.25 bits per heavy atom. The largest absolute Gasteiger partial charge is 0.436 e. The molecule has 2 aliphatic heterocycles. The van der Waals surface area contributed by atoms with Crippen molar-refractivity contribution in [2.45, 2.75) is 32.1 Å². The second kappa shape index (κ2) is 17.1. The molecule has 0 fully saturated rings. The molecule has 0 saturated heterocycles. The van der Waals surface area contributed by atoms with Crippen LogP contribution in [0.3, 0.4) is 0 Å². The average molecular weight is 881 g/mol. The van der Waals surface area contributed by atoms with Gasteiger partial charge in [0.05, 0.1) is 21.2 Å². The summed E-state index contributed by atoms with van der Waals surface area (Å²) in [5, 5.41) is 2.85. The highest BCUT2D eigenvalue weighted by molar-refractivity contribution is 7.75. The fourth-order valence-corrected chi connectivity index (χ4v) is 14.0. The lowest BCUT2D eigenvalue weighted by molar-refractivity contribution is 0.500. The first-order valence-electron chi connectivity index (χ1n) is 22.2. The van der Waals surface area contributed by atoms with Crippen molar-refractivity contribution in [3.8, 4) is 33.8 Å². The summed E-state index contributed by atoms with van der Waals surface area (Å²) >= 11 is 0. The minimum absolute atomic E-state index is 0.283. The van der Waals surface area contributed by atoms with Gasteiger partial charge in [-0.3, -0.25) is 9.13 Å². The number of benzene rings is 8. The molecule has 316 valence electrons. The number of hydrogen-bond acceptors (Lipinski definition) is 4. The van der Waals surface area contributed by atoms with Crippen LogP contribution in [0.25, 0.3) is 22.3 Å². The third kappa shape index (κ3) is 7.69. The van der Waals surface area contributed by atoms with Gasteiger partial charge in [-0.15, -0.1) is 13.2 Å². The predicted octanol–water partition coefficient (Wildman–Crippen LogP) is 8.82. The molecule has 2 aliphatic rings. The molecule has 2 heterocycles.